The van der Waals surface area contributed by atoms with Gasteiger partial charge in [0.15, 0.2) is 0 Å². The van der Waals surface area contributed by atoms with Gasteiger partial charge in [0, 0.05) is 11.1 Å². The van der Waals surface area contributed by atoms with Gasteiger partial charge in [-0.3, -0.25) is 0 Å². The maximum absolute atomic E-state index is 13.6. The lowest BCUT2D eigenvalue weighted by Crippen LogP contribution is -1.98. The van der Waals surface area contributed by atoms with Gasteiger partial charge >= 0.3 is 0 Å². The first kappa shape index (κ1) is 12.5. The topological polar surface area (TPSA) is 47.3 Å². The Kier molecular flexibility index (Phi) is 3.58. The standard InChI is InChI=1S/C13H12ClFN2O/c1-18-9-3-4-10(15)12(7-9)17-13-6-8(14)2-5-11(13)16/h2-7,17H,16H2,1H3. The Morgan fingerprint density at radius 3 is 2.67 bits per heavy atom. The van der Waals surface area contributed by atoms with Crippen LogP contribution in [0.3, 0.4) is 0 Å². The highest BCUT2D eigenvalue weighted by Gasteiger charge is 2.07. The Labute approximate surface area is 109 Å². The zero-order valence-electron chi connectivity index (χ0n) is 9.71. The first-order valence-corrected chi connectivity index (χ1v) is 5.63. The van der Waals surface area contributed by atoms with E-state index in [1.807, 2.05) is 0 Å². The van der Waals surface area contributed by atoms with Crippen molar-refractivity contribution in [2.45, 2.75) is 0 Å². The fourth-order valence-corrected chi connectivity index (χ4v) is 1.68. The second-order valence-electron chi connectivity index (χ2n) is 3.70. The van der Waals surface area contributed by atoms with E-state index in [0.29, 0.717) is 22.1 Å². The number of benzene rings is 2. The molecule has 0 radical (unpaired) electrons. The van der Waals surface area contributed by atoms with E-state index in [1.54, 1.807) is 30.3 Å². The Morgan fingerprint density at radius 2 is 1.94 bits per heavy atom. The van der Waals surface area contributed by atoms with Crippen LogP contribution in [-0.4, -0.2) is 7.11 Å². The number of nitrogen functional groups attached to an aromatic ring is 1. The molecule has 0 aliphatic carbocycles. The SMILES string of the molecule is COc1ccc(F)c(Nc2cc(Cl)ccc2N)c1. The van der Waals surface area contributed by atoms with Gasteiger partial charge in [0.1, 0.15) is 11.6 Å². The van der Waals surface area contributed by atoms with Crippen LogP contribution in [0.25, 0.3) is 0 Å². The number of halogens is 2. The quantitative estimate of drug-likeness (QED) is 0.831. The summed E-state index contributed by atoms with van der Waals surface area (Å²) in [5.41, 5.74) is 7.10. The Morgan fingerprint density at radius 1 is 1.17 bits per heavy atom. The molecule has 0 aliphatic rings. The van der Waals surface area contributed by atoms with Gasteiger partial charge in [-0.15, -0.1) is 0 Å². The minimum Gasteiger partial charge on any atom is -0.497 e. The summed E-state index contributed by atoms with van der Waals surface area (Å²) in [4.78, 5) is 0. The maximum atomic E-state index is 13.6. The highest BCUT2D eigenvalue weighted by atomic mass is 35.5. The summed E-state index contributed by atoms with van der Waals surface area (Å²) in [6, 6.07) is 9.38. The predicted octanol–water partition coefficient (Wildman–Crippen LogP) is 3.81. The molecular formula is C13H12ClFN2O. The van der Waals surface area contributed by atoms with Crippen molar-refractivity contribution in [3.05, 3.63) is 47.2 Å². The third kappa shape index (κ3) is 2.65. The molecule has 5 heteroatoms. The van der Waals surface area contributed by atoms with E-state index in [2.05, 4.69) is 5.32 Å². The zero-order valence-corrected chi connectivity index (χ0v) is 10.5. The van der Waals surface area contributed by atoms with E-state index >= 15 is 0 Å². The third-order valence-electron chi connectivity index (χ3n) is 2.46. The van der Waals surface area contributed by atoms with Crippen molar-refractivity contribution in [3.63, 3.8) is 0 Å². The van der Waals surface area contributed by atoms with Crippen molar-refractivity contribution in [3.8, 4) is 5.75 Å². The lowest BCUT2D eigenvalue weighted by atomic mass is 10.2. The molecule has 0 aromatic heterocycles. The fourth-order valence-electron chi connectivity index (χ4n) is 1.51. The number of ether oxygens (including phenoxy) is 1. The number of hydrogen-bond acceptors (Lipinski definition) is 3. The normalized spacial score (nSPS) is 10.2. The molecule has 0 aliphatic heterocycles. The minimum atomic E-state index is -0.393. The van der Waals surface area contributed by atoms with Crippen molar-refractivity contribution in [2.24, 2.45) is 0 Å². The number of methoxy groups -OCH3 is 1. The molecule has 0 spiro atoms. The van der Waals surface area contributed by atoms with Crippen LogP contribution in [0.4, 0.5) is 21.5 Å². The largest absolute Gasteiger partial charge is 0.497 e. The molecule has 0 fully saturated rings. The monoisotopic (exact) mass is 266 g/mol. The van der Waals surface area contributed by atoms with Gasteiger partial charge in [-0.05, 0) is 30.3 Å². The fraction of sp³-hybridized carbons (Fsp3) is 0.0769. The van der Waals surface area contributed by atoms with Crippen LogP contribution in [0.1, 0.15) is 0 Å². The Balaban J connectivity index is 2.36. The number of anilines is 3. The Bertz CT molecular complexity index is 575. The van der Waals surface area contributed by atoms with Gasteiger partial charge in [-0.2, -0.15) is 0 Å². The van der Waals surface area contributed by atoms with Crippen molar-refractivity contribution >= 4 is 28.7 Å². The molecule has 3 nitrogen and oxygen atoms in total. The van der Waals surface area contributed by atoms with Gasteiger partial charge in [-0.1, -0.05) is 11.6 Å². The average Bonchev–Trinajstić information content (AvgIpc) is 2.36. The minimum absolute atomic E-state index is 0.281. The summed E-state index contributed by atoms with van der Waals surface area (Å²) < 4.78 is 18.7. The average molecular weight is 267 g/mol. The molecule has 94 valence electrons. The van der Waals surface area contributed by atoms with Crippen LogP contribution >= 0.6 is 11.6 Å². The Hall–Kier alpha value is -1.94. The molecular weight excluding hydrogens is 255 g/mol. The van der Waals surface area contributed by atoms with Crippen LogP contribution < -0.4 is 15.8 Å². The van der Waals surface area contributed by atoms with Crippen LogP contribution in [0.15, 0.2) is 36.4 Å². The lowest BCUT2D eigenvalue weighted by molar-refractivity contribution is 0.414. The lowest BCUT2D eigenvalue weighted by Gasteiger charge is -2.11. The molecule has 0 bridgehead atoms. The summed E-state index contributed by atoms with van der Waals surface area (Å²) in [5, 5.41) is 3.41. The molecule has 0 heterocycles. The van der Waals surface area contributed by atoms with Crippen molar-refractivity contribution in [1.82, 2.24) is 0 Å². The van der Waals surface area contributed by atoms with E-state index in [0.717, 1.165) is 0 Å². The molecule has 0 saturated carbocycles. The van der Waals surface area contributed by atoms with Crippen molar-refractivity contribution in [1.29, 1.82) is 0 Å². The smallest absolute Gasteiger partial charge is 0.146 e. The third-order valence-corrected chi connectivity index (χ3v) is 2.69. The van der Waals surface area contributed by atoms with Gasteiger partial charge in [0.05, 0.1) is 24.2 Å². The summed E-state index contributed by atoms with van der Waals surface area (Å²) in [6.45, 7) is 0. The van der Waals surface area contributed by atoms with Crippen molar-refractivity contribution < 1.29 is 9.13 Å². The van der Waals surface area contributed by atoms with Gasteiger partial charge in [0.25, 0.3) is 0 Å². The molecule has 0 unspecified atom stereocenters. The van der Waals surface area contributed by atoms with E-state index in [4.69, 9.17) is 22.1 Å². The predicted molar refractivity (Wildman–Crippen MR) is 72.1 cm³/mol. The summed E-state index contributed by atoms with van der Waals surface area (Å²) in [7, 11) is 1.52. The van der Waals surface area contributed by atoms with Gasteiger partial charge < -0.3 is 15.8 Å². The second-order valence-corrected chi connectivity index (χ2v) is 4.14. The molecule has 2 aromatic rings. The van der Waals surface area contributed by atoms with Gasteiger partial charge in [0.2, 0.25) is 0 Å². The van der Waals surface area contributed by atoms with Crippen LogP contribution in [0.5, 0.6) is 5.75 Å². The van der Waals surface area contributed by atoms with E-state index in [9.17, 15) is 4.39 Å². The molecule has 18 heavy (non-hydrogen) atoms. The summed E-state index contributed by atoms with van der Waals surface area (Å²) in [5.74, 6) is 0.162. The second kappa shape index (κ2) is 5.14. The van der Waals surface area contributed by atoms with E-state index < -0.39 is 5.82 Å². The summed E-state index contributed by atoms with van der Waals surface area (Å²) >= 11 is 5.87. The number of nitrogens with two attached hydrogens (primary N) is 1. The first-order valence-electron chi connectivity index (χ1n) is 5.26. The molecule has 0 saturated heterocycles. The van der Waals surface area contributed by atoms with Crippen molar-refractivity contribution in [2.75, 3.05) is 18.2 Å². The molecule has 3 N–H and O–H groups in total. The van der Waals surface area contributed by atoms with Gasteiger partial charge in [-0.25, -0.2) is 4.39 Å². The maximum Gasteiger partial charge on any atom is 0.146 e. The molecule has 2 rings (SSSR count). The van der Waals surface area contributed by atoms with E-state index in [1.165, 1.54) is 13.2 Å². The number of hydrogen-bond donors (Lipinski definition) is 2. The van der Waals surface area contributed by atoms with Crippen LogP contribution in [0, 0.1) is 5.82 Å². The van der Waals surface area contributed by atoms with Crippen LogP contribution in [-0.2, 0) is 0 Å². The highest BCUT2D eigenvalue weighted by molar-refractivity contribution is 6.31. The van der Waals surface area contributed by atoms with E-state index in [-0.39, 0.29) is 5.69 Å². The highest BCUT2D eigenvalue weighted by Crippen LogP contribution is 2.29. The molecule has 0 amide bonds. The summed E-state index contributed by atoms with van der Waals surface area (Å²) in [6.07, 6.45) is 0. The zero-order chi connectivity index (χ0) is 13.1. The molecule has 0 atom stereocenters. The molecule has 2 aromatic carbocycles. The number of nitrogens with one attached hydrogen (secondary N) is 1. The number of rotatable bonds is 3. The van der Waals surface area contributed by atoms with Crippen LogP contribution in [0.2, 0.25) is 5.02 Å². The first-order chi connectivity index (χ1) is 8.60.